The Labute approximate surface area is 168 Å². The Morgan fingerprint density at radius 3 is 2.50 bits per heavy atom. The number of nitrogens with zero attached hydrogens (tertiary/aromatic N) is 2. The second-order valence-corrected chi connectivity index (χ2v) is 6.77. The molecule has 2 aromatic carbocycles. The number of aryl methyl sites for hydroxylation is 2. The third kappa shape index (κ3) is 4.98. The van der Waals surface area contributed by atoms with Crippen LogP contribution in [0.15, 0.2) is 48.5 Å². The van der Waals surface area contributed by atoms with Crippen LogP contribution in [-0.4, -0.2) is 23.0 Å². The van der Waals surface area contributed by atoms with Gasteiger partial charge >= 0.3 is 0 Å². The minimum absolute atomic E-state index is 0.291. The normalized spacial score (nSPS) is 10.4. The second kappa shape index (κ2) is 8.71. The molecule has 0 spiro atoms. The van der Waals surface area contributed by atoms with Crippen LogP contribution in [0.1, 0.15) is 27.3 Å². The third-order valence-electron chi connectivity index (χ3n) is 4.13. The van der Waals surface area contributed by atoms with Crippen molar-refractivity contribution in [3.63, 3.8) is 0 Å². The Morgan fingerprint density at radius 1 is 1.07 bits per heavy atom. The molecule has 7 heteroatoms. The lowest BCUT2D eigenvalue weighted by atomic mass is 10.2. The van der Waals surface area contributed by atoms with Crippen molar-refractivity contribution in [3.05, 3.63) is 76.1 Å². The highest BCUT2D eigenvalue weighted by molar-refractivity contribution is 6.30. The molecule has 0 bridgehead atoms. The number of aromatic nitrogens is 2. The Hall–Kier alpha value is -3.12. The fourth-order valence-corrected chi connectivity index (χ4v) is 2.87. The first-order valence-electron chi connectivity index (χ1n) is 8.74. The van der Waals surface area contributed by atoms with E-state index < -0.39 is 0 Å². The molecule has 2 N–H and O–H groups in total. The minimum Gasteiger partial charge on any atom is -0.497 e. The number of hydrogen-bond acceptors (Lipinski definition) is 5. The number of benzene rings is 2. The number of carbonyl (C=O) groups is 1. The zero-order chi connectivity index (χ0) is 20.1. The average molecular weight is 397 g/mol. The van der Waals surface area contributed by atoms with Crippen molar-refractivity contribution >= 4 is 29.1 Å². The molecule has 0 aliphatic carbocycles. The largest absolute Gasteiger partial charge is 0.497 e. The highest BCUT2D eigenvalue weighted by Gasteiger charge is 2.12. The van der Waals surface area contributed by atoms with Gasteiger partial charge in [0.25, 0.3) is 5.91 Å². The topological polar surface area (TPSA) is 76.1 Å². The fourth-order valence-electron chi connectivity index (χ4n) is 2.64. The quantitative estimate of drug-likeness (QED) is 0.635. The van der Waals surface area contributed by atoms with Crippen molar-refractivity contribution in [2.24, 2.45) is 0 Å². The number of rotatable bonds is 6. The van der Waals surface area contributed by atoms with E-state index in [1.54, 1.807) is 31.4 Å². The summed E-state index contributed by atoms with van der Waals surface area (Å²) in [7, 11) is 1.63. The van der Waals surface area contributed by atoms with Gasteiger partial charge in [-0.15, -0.1) is 0 Å². The first-order valence-corrected chi connectivity index (χ1v) is 9.12. The van der Waals surface area contributed by atoms with Crippen LogP contribution in [0.25, 0.3) is 0 Å². The van der Waals surface area contributed by atoms with Gasteiger partial charge in [0.05, 0.1) is 7.11 Å². The highest BCUT2D eigenvalue weighted by Crippen LogP contribution is 2.20. The van der Waals surface area contributed by atoms with Gasteiger partial charge in [-0.2, -0.15) is 0 Å². The predicted molar refractivity (Wildman–Crippen MR) is 111 cm³/mol. The molecule has 0 unspecified atom stereocenters. The molecule has 0 saturated heterocycles. The fraction of sp³-hybridized carbons (Fsp3) is 0.190. The summed E-state index contributed by atoms with van der Waals surface area (Å²) in [5.74, 6) is 0.893. The number of nitrogens with one attached hydrogen (secondary N) is 2. The molecule has 0 radical (unpaired) electrons. The first-order chi connectivity index (χ1) is 13.4. The molecule has 0 aliphatic rings. The molecule has 28 heavy (non-hydrogen) atoms. The van der Waals surface area contributed by atoms with E-state index in [4.69, 9.17) is 16.3 Å². The van der Waals surface area contributed by atoms with Crippen LogP contribution < -0.4 is 15.4 Å². The molecule has 1 amide bonds. The Kier molecular flexibility index (Phi) is 6.11. The van der Waals surface area contributed by atoms with Crippen LogP contribution in [0.2, 0.25) is 5.02 Å². The Balaban J connectivity index is 1.71. The molecule has 1 aromatic heterocycles. The van der Waals surface area contributed by atoms with E-state index in [1.165, 1.54) is 0 Å². The molecular formula is C21H21ClN4O2. The smallest absolute Gasteiger partial charge is 0.274 e. The van der Waals surface area contributed by atoms with Crippen LogP contribution in [0.4, 0.5) is 11.6 Å². The zero-order valence-corrected chi connectivity index (χ0v) is 16.7. The molecular weight excluding hydrogens is 376 g/mol. The monoisotopic (exact) mass is 396 g/mol. The molecule has 3 rings (SSSR count). The van der Waals surface area contributed by atoms with Crippen molar-refractivity contribution in [1.29, 1.82) is 0 Å². The van der Waals surface area contributed by atoms with Crippen LogP contribution >= 0.6 is 11.6 Å². The zero-order valence-electron chi connectivity index (χ0n) is 15.9. The number of carbonyl (C=O) groups excluding carboxylic acids is 1. The molecule has 144 valence electrons. The summed E-state index contributed by atoms with van der Waals surface area (Å²) in [5, 5.41) is 6.65. The molecule has 0 aliphatic heterocycles. The van der Waals surface area contributed by atoms with Crippen molar-refractivity contribution < 1.29 is 9.53 Å². The van der Waals surface area contributed by atoms with Crippen LogP contribution in [-0.2, 0) is 6.54 Å². The number of ether oxygens (including phenoxy) is 1. The van der Waals surface area contributed by atoms with Gasteiger partial charge in [0.15, 0.2) is 0 Å². The second-order valence-electron chi connectivity index (χ2n) is 6.33. The summed E-state index contributed by atoms with van der Waals surface area (Å²) in [6.07, 6.45) is 0. The number of methoxy groups -OCH3 is 1. The summed E-state index contributed by atoms with van der Waals surface area (Å²) in [4.78, 5) is 21.3. The number of halogens is 1. The van der Waals surface area contributed by atoms with Gasteiger partial charge in [0.1, 0.15) is 11.4 Å². The van der Waals surface area contributed by atoms with Crippen molar-refractivity contribution in [2.75, 3.05) is 17.7 Å². The van der Waals surface area contributed by atoms with Gasteiger partial charge < -0.3 is 15.4 Å². The maximum absolute atomic E-state index is 12.6. The lowest BCUT2D eigenvalue weighted by molar-refractivity contribution is 0.102. The Morgan fingerprint density at radius 2 is 1.82 bits per heavy atom. The summed E-state index contributed by atoms with van der Waals surface area (Å²) in [6.45, 7) is 4.24. The number of hydrogen-bond donors (Lipinski definition) is 2. The van der Waals surface area contributed by atoms with Gasteiger partial charge in [-0.25, -0.2) is 9.97 Å². The first kappa shape index (κ1) is 19.6. The molecule has 0 fully saturated rings. The van der Waals surface area contributed by atoms with Gasteiger partial charge in [0, 0.05) is 22.9 Å². The molecule has 1 heterocycles. The molecule has 0 atom stereocenters. The van der Waals surface area contributed by atoms with Crippen molar-refractivity contribution in [2.45, 2.75) is 20.4 Å². The van der Waals surface area contributed by atoms with Gasteiger partial charge in [-0.05, 0) is 61.4 Å². The summed E-state index contributed by atoms with van der Waals surface area (Å²) in [5.41, 5.74) is 3.61. The van der Waals surface area contributed by atoms with Crippen LogP contribution in [0.3, 0.4) is 0 Å². The van der Waals surface area contributed by atoms with E-state index in [-0.39, 0.29) is 5.91 Å². The van der Waals surface area contributed by atoms with Crippen molar-refractivity contribution in [1.82, 2.24) is 9.97 Å². The van der Waals surface area contributed by atoms with Gasteiger partial charge in [0.2, 0.25) is 5.95 Å². The standard InChI is InChI=1S/C21H21ClN4O2/c1-13-10-16(22)6-9-18(13)25-20(27)19-11-14(2)24-21(26-19)23-12-15-4-7-17(28-3)8-5-15/h4-11H,12H2,1-3H3,(H,25,27)(H,23,24,26). The van der Waals surface area contributed by atoms with E-state index in [2.05, 4.69) is 20.6 Å². The highest BCUT2D eigenvalue weighted by atomic mass is 35.5. The molecule has 3 aromatic rings. The molecule has 6 nitrogen and oxygen atoms in total. The lowest BCUT2D eigenvalue weighted by Gasteiger charge is -2.11. The SMILES string of the molecule is COc1ccc(CNc2nc(C)cc(C(=O)Nc3ccc(Cl)cc3C)n2)cc1. The summed E-state index contributed by atoms with van der Waals surface area (Å²) in [6, 6.07) is 14.6. The van der Waals surface area contributed by atoms with E-state index in [1.807, 2.05) is 38.1 Å². The van der Waals surface area contributed by atoms with E-state index >= 15 is 0 Å². The maximum atomic E-state index is 12.6. The maximum Gasteiger partial charge on any atom is 0.274 e. The van der Waals surface area contributed by atoms with Gasteiger partial charge in [-0.1, -0.05) is 23.7 Å². The minimum atomic E-state index is -0.302. The summed E-state index contributed by atoms with van der Waals surface area (Å²) < 4.78 is 5.16. The van der Waals surface area contributed by atoms with Crippen LogP contribution in [0.5, 0.6) is 5.75 Å². The lowest BCUT2D eigenvalue weighted by Crippen LogP contribution is -2.16. The average Bonchev–Trinajstić information content (AvgIpc) is 2.68. The van der Waals surface area contributed by atoms with E-state index in [9.17, 15) is 4.79 Å². The van der Waals surface area contributed by atoms with E-state index in [0.29, 0.717) is 34.6 Å². The van der Waals surface area contributed by atoms with Gasteiger partial charge in [-0.3, -0.25) is 4.79 Å². The third-order valence-corrected chi connectivity index (χ3v) is 4.37. The molecule has 0 saturated carbocycles. The van der Waals surface area contributed by atoms with E-state index in [0.717, 1.165) is 16.9 Å². The van der Waals surface area contributed by atoms with Crippen molar-refractivity contribution in [3.8, 4) is 5.75 Å². The van der Waals surface area contributed by atoms with Crippen LogP contribution in [0, 0.1) is 13.8 Å². The predicted octanol–water partition coefficient (Wildman–Crippen LogP) is 4.62. The Bertz CT molecular complexity index is 990. The number of amides is 1. The summed E-state index contributed by atoms with van der Waals surface area (Å²) >= 11 is 5.97. The number of anilines is 2.